The summed E-state index contributed by atoms with van der Waals surface area (Å²) in [5, 5.41) is 9.57. The molecule has 1 unspecified atom stereocenters. The van der Waals surface area contributed by atoms with Crippen LogP contribution in [0, 0.1) is 0 Å². The molecule has 1 atom stereocenters. The van der Waals surface area contributed by atoms with Crippen molar-refractivity contribution < 1.29 is 19.1 Å². The van der Waals surface area contributed by atoms with Crippen LogP contribution in [0.3, 0.4) is 0 Å². The zero-order valence-electron chi connectivity index (χ0n) is 13.2. The number of aliphatic carboxylic acids is 1. The number of fused-ring (bicyclic) bond motifs is 1. The molecule has 0 bridgehead atoms. The number of nitrogens with zero attached hydrogens (tertiary/aromatic N) is 1. The SMILES string of the molecule is O=C(O)CCC1CCCCN1C(=O)c1cc2ccccc2oc1=O. The fourth-order valence-corrected chi connectivity index (χ4v) is 3.22. The molecule has 1 N–H and O–H groups in total. The minimum atomic E-state index is -0.877. The van der Waals surface area contributed by atoms with Crippen molar-refractivity contribution in [3.05, 3.63) is 46.3 Å². The third kappa shape index (κ3) is 3.32. The number of benzene rings is 1. The number of hydrogen-bond acceptors (Lipinski definition) is 4. The third-order valence-electron chi connectivity index (χ3n) is 4.45. The molecule has 0 spiro atoms. The van der Waals surface area contributed by atoms with Gasteiger partial charge in [0.2, 0.25) is 0 Å². The highest BCUT2D eigenvalue weighted by atomic mass is 16.4. The van der Waals surface area contributed by atoms with E-state index in [1.54, 1.807) is 29.2 Å². The number of likely N-dealkylation sites (tertiary alicyclic amines) is 1. The van der Waals surface area contributed by atoms with E-state index in [4.69, 9.17) is 9.52 Å². The molecule has 1 aromatic carbocycles. The highest BCUT2D eigenvalue weighted by molar-refractivity contribution is 5.96. The van der Waals surface area contributed by atoms with E-state index in [-0.39, 0.29) is 23.9 Å². The summed E-state index contributed by atoms with van der Waals surface area (Å²) in [5.41, 5.74) is -0.197. The normalized spacial score (nSPS) is 17.8. The van der Waals surface area contributed by atoms with E-state index in [2.05, 4.69) is 0 Å². The Morgan fingerprint density at radius 3 is 2.83 bits per heavy atom. The van der Waals surface area contributed by atoms with Crippen LogP contribution >= 0.6 is 0 Å². The molecule has 1 amide bonds. The third-order valence-corrected chi connectivity index (χ3v) is 4.45. The van der Waals surface area contributed by atoms with Crippen molar-refractivity contribution in [2.75, 3.05) is 6.54 Å². The zero-order chi connectivity index (χ0) is 17.1. The van der Waals surface area contributed by atoms with Gasteiger partial charge in [0.25, 0.3) is 5.91 Å². The lowest BCUT2D eigenvalue weighted by molar-refractivity contribution is -0.137. The van der Waals surface area contributed by atoms with E-state index in [1.807, 2.05) is 6.07 Å². The largest absolute Gasteiger partial charge is 0.481 e. The Kier molecular flexibility index (Phi) is 4.64. The van der Waals surface area contributed by atoms with Gasteiger partial charge < -0.3 is 14.4 Å². The monoisotopic (exact) mass is 329 g/mol. The minimum Gasteiger partial charge on any atom is -0.481 e. The summed E-state index contributed by atoms with van der Waals surface area (Å²) in [4.78, 5) is 37.5. The van der Waals surface area contributed by atoms with Gasteiger partial charge in [-0.1, -0.05) is 18.2 Å². The second-order valence-electron chi connectivity index (χ2n) is 6.07. The van der Waals surface area contributed by atoms with Crippen LogP contribution in [0.25, 0.3) is 11.0 Å². The molecule has 126 valence electrons. The van der Waals surface area contributed by atoms with E-state index in [1.165, 1.54) is 0 Å². The number of carbonyl (C=O) groups excluding carboxylic acids is 1. The molecule has 1 aromatic heterocycles. The number of carboxylic acid groups (broad SMARTS) is 1. The van der Waals surface area contributed by atoms with Crippen LogP contribution < -0.4 is 5.63 Å². The van der Waals surface area contributed by atoms with Crippen LogP contribution in [0.1, 0.15) is 42.5 Å². The van der Waals surface area contributed by atoms with Gasteiger partial charge in [0.15, 0.2) is 0 Å². The fourth-order valence-electron chi connectivity index (χ4n) is 3.22. The Bertz CT molecular complexity index is 826. The first-order valence-corrected chi connectivity index (χ1v) is 8.12. The van der Waals surface area contributed by atoms with Crippen molar-refractivity contribution >= 4 is 22.8 Å². The van der Waals surface area contributed by atoms with Crippen LogP contribution in [-0.4, -0.2) is 34.5 Å². The molecule has 0 aliphatic carbocycles. The molecule has 0 radical (unpaired) electrons. The topological polar surface area (TPSA) is 87.8 Å². The fraction of sp³-hybridized carbons (Fsp3) is 0.389. The maximum Gasteiger partial charge on any atom is 0.349 e. The van der Waals surface area contributed by atoms with Gasteiger partial charge in [-0.05, 0) is 37.8 Å². The van der Waals surface area contributed by atoms with Crippen molar-refractivity contribution in [3.8, 4) is 0 Å². The first kappa shape index (κ1) is 16.2. The van der Waals surface area contributed by atoms with Crippen LogP contribution in [-0.2, 0) is 4.79 Å². The number of hydrogen-bond donors (Lipinski definition) is 1. The van der Waals surface area contributed by atoms with E-state index >= 15 is 0 Å². The van der Waals surface area contributed by atoms with Crippen LogP contribution in [0.15, 0.2) is 39.5 Å². The van der Waals surface area contributed by atoms with Crippen molar-refractivity contribution in [2.45, 2.75) is 38.1 Å². The standard InChI is InChI=1S/C18H19NO5/c20-16(21)9-8-13-6-3-4-10-19(13)17(22)14-11-12-5-1-2-7-15(12)24-18(14)23/h1-2,5,7,11,13H,3-4,6,8-10H2,(H,20,21). The van der Waals surface area contributed by atoms with Gasteiger partial charge >= 0.3 is 11.6 Å². The molecular weight excluding hydrogens is 310 g/mol. The Hall–Kier alpha value is -2.63. The molecule has 6 heteroatoms. The minimum absolute atomic E-state index is 0.0101. The molecule has 0 saturated carbocycles. The van der Waals surface area contributed by atoms with Crippen LogP contribution in [0.2, 0.25) is 0 Å². The lowest BCUT2D eigenvalue weighted by atomic mass is 9.97. The molecule has 1 saturated heterocycles. The summed E-state index contributed by atoms with van der Waals surface area (Å²) in [5.74, 6) is -1.25. The molecule has 1 fully saturated rings. The number of rotatable bonds is 4. The molecule has 2 heterocycles. The van der Waals surface area contributed by atoms with Crippen molar-refractivity contribution in [2.24, 2.45) is 0 Å². The van der Waals surface area contributed by atoms with Gasteiger partial charge in [-0.25, -0.2) is 4.79 Å². The number of para-hydroxylation sites is 1. The number of amides is 1. The summed E-state index contributed by atoms with van der Waals surface area (Å²) in [7, 11) is 0. The van der Waals surface area contributed by atoms with Crippen molar-refractivity contribution in [1.82, 2.24) is 4.90 Å². The molecule has 6 nitrogen and oxygen atoms in total. The molecule has 1 aliphatic heterocycles. The Morgan fingerprint density at radius 2 is 2.04 bits per heavy atom. The van der Waals surface area contributed by atoms with Gasteiger partial charge in [0, 0.05) is 24.4 Å². The highest BCUT2D eigenvalue weighted by Gasteiger charge is 2.29. The predicted octanol–water partition coefficient (Wildman–Crippen LogP) is 2.65. The molecule has 2 aromatic rings. The van der Waals surface area contributed by atoms with Crippen LogP contribution in [0.4, 0.5) is 0 Å². The van der Waals surface area contributed by atoms with Crippen molar-refractivity contribution in [3.63, 3.8) is 0 Å². The number of carboxylic acids is 1. The zero-order valence-corrected chi connectivity index (χ0v) is 13.2. The first-order valence-electron chi connectivity index (χ1n) is 8.12. The summed E-state index contributed by atoms with van der Waals surface area (Å²) in [6.45, 7) is 0.537. The van der Waals surface area contributed by atoms with E-state index < -0.39 is 11.6 Å². The predicted molar refractivity (Wildman–Crippen MR) is 88.0 cm³/mol. The van der Waals surface area contributed by atoms with Gasteiger partial charge in [-0.2, -0.15) is 0 Å². The van der Waals surface area contributed by atoms with E-state index in [9.17, 15) is 14.4 Å². The molecule has 1 aliphatic rings. The number of carbonyl (C=O) groups is 2. The molecular formula is C18H19NO5. The van der Waals surface area contributed by atoms with Crippen LogP contribution in [0.5, 0.6) is 0 Å². The average molecular weight is 329 g/mol. The Labute approximate surface area is 138 Å². The number of piperidine rings is 1. The van der Waals surface area contributed by atoms with Crippen molar-refractivity contribution in [1.29, 1.82) is 0 Å². The van der Waals surface area contributed by atoms with E-state index in [0.29, 0.717) is 23.9 Å². The maximum atomic E-state index is 12.8. The summed E-state index contributed by atoms with van der Waals surface area (Å²) < 4.78 is 5.24. The highest BCUT2D eigenvalue weighted by Crippen LogP contribution is 2.23. The van der Waals surface area contributed by atoms with Gasteiger partial charge in [0.1, 0.15) is 11.1 Å². The van der Waals surface area contributed by atoms with Gasteiger partial charge in [-0.15, -0.1) is 0 Å². The Morgan fingerprint density at radius 1 is 1.25 bits per heavy atom. The van der Waals surface area contributed by atoms with Gasteiger partial charge in [-0.3, -0.25) is 9.59 Å². The lowest BCUT2D eigenvalue weighted by Crippen LogP contribution is -2.45. The average Bonchev–Trinajstić information content (AvgIpc) is 2.59. The molecule has 3 rings (SSSR count). The summed E-state index contributed by atoms with van der Waals surface area (Å²) in [6.07, 6.45) is 2.99. The molecule has 24 heavy (non-hydrogen) atoms. The smallest absolute Gasteiger partial charge is 0.349 e. The first-order chi connectivity index (χ1) is 11.6. The van der Waals surface area contributed by atoms with Gasteiger partial charge in [0.05, 0.1) is 0 Å². The lowest BCUT2D eigenvalue weighted by Gasteiger charge is -2.35. The second-order valence-corrected chi connectivity index (χ2v) is 6.07. The Balaban J connectivity index is 1.90. The second kappa shape index (κ2) is 6.86. The summed E-state index contributed by atoms with van der Waals surface area (Å²) >= 11 is 0. The van der Waals surface area contributed by atoms with E-state index in [0.717, 1.165) is 19.3 Å². The quantitative estimate of drug-likeness (QED) is 0.871. The maximum absolute atomic E-state index is 12.8. The summed E-state index contributed by atoms with van der Waals surface area (Å²) in [6, 6.07) is 8.46.